The van der Waals surface area contributed by atoms with Crippen LogP contribution >= 0.6 is 0 Å². The number of aliphatic hydroxyl groups excluding tert-OH is 10. The molecule has 0 aliphatic carbocycles. The second-order valence-electron chi connectivity index (χ2n) is 7.88. The quantitative estimate of drug-likeness (QED) is 0.172. The third kappa shape index (κ3) is 5.07. The van der Waals surface area contributed by atoms with E-state index in [0.717, 1.165) is 0 Å². The maximum absolute atomic E-state index is 10.5. The lowest BCUT2D eigenvalue weighted by Gasteiger charge is -2.47. The highest BCUT2D eigenvalue weighted by atomic mass is 16.7. The first-order valence-electron chi connectivity index (χ1n) is 10.00. The number of ether oxygens (including phenoxy) is 5. The molecule has 0 aromatic heterocycles. The van der Waals surface area contributed by atoms with Gasteiger partial charge in [0.2, 0.25) is 0 Å². The molecule has 0 saturated carbocycles. The predicted octanol–water partition coefficient (Wildman–Crippen LogP) is -6.93. The van der Waals surface area contributed by atoms with Crippen LogP contribution in [0.3, 0.4) is 0 Å². The monoisotopic (exact) mass is 474 g/mol. The van der Waals surface area contributed by atoms with Crippen molar-refractivity contribution >= 4 is 0 Å². The Morgan fingerprint density at radius 1 is 0.594 bits per heavy atom. The fourth-order valence-electron chi connectivity index (χ4n) is 3.74. The molecule has 3 saturated heterocycles. The average molecular weight is 474 g/mol. The van der Waals surface area contributed by atoms with Gasteiger partial charge in [0.25, 0.3) is 0 Å². The maximum Gasteiger partial charge on any atom is 0.187 e. The average Bonchev–Trinajstić information content (AvgIpc) is 2.78. The fourth-order valence-corrected chi connectivity index (χ4v) is 3.74. The summed E-state index contributed by atoms with van der Waals surface area (Å²) in [5, 5.41) is 98.8. The van der Waals surface area contributed by atoms with E-state index in [1.54, 1.807) is 0 Å². The molecule has 15 heteroatoms. The van der Waals surface area contributed by atoms with Gasteiger partial charge in [-0.1, -0.05) is 0 Å². The van der Waals surface area contributed by atoms with E-state index in [0.29, 0.717) is 0 Å². The Kier molecular flexibility index (Phi) is 8.75. The zero-order chi connectivity index (χ0) is 23.7. The molecule has 10 N–H and O–H groups in total. The summed E-state index contributed by atoms with van der Waals surface area (Å²) in [6, 6.07) is 0. The highest BCUT2D eigenvalue weighted by Crippen LogP contribution is 2.30. The summed E-state index contributed by atoms with van der Waals surface area (Å²) in [5.74, 6) is 0. The molecule has 0 spiro atoms. The predicted molar refractivity (Wildman–Crippen MR) is 95.2 cm³/mol. The number of rotatable bonds is 6. The molecule has 1 unspecified atom stereocenters. The molecular formula is C17H30O15. The van der Waals surface area contributed by atoms with Crippen LogP contribution in [0.5, 0.6) is 0 Å². The molecule has 0 bridgehead atoms. The minimum Gasteiger partial charge on any atom is -0.394 e. The Balaban J connectivity index is 1.67. The molecule has 3 heterocycles. The normalized spacial score (nSPS) is 52.7. The largest absolute Gasteiger partial charge is 0.394 e. The van der Waals surface area contributed by atoms with Crippen molar-refractivity contribution in [1.82, 2.24) is 0 Å². The van der Waals surface area contributed by atoms with Crippen LogP contribution in [0.15, 0.2) is 0 Å². The molecule has 32 heavy (non-hydrogen) atoms. The SMILES string of the molecule is OC[C@H]1O[C@@H](O[C@@H]2[C@H](O)[C@@H](O)[C@H](O[C@@H]3COC(O)[C@H](O)[C@H]3O)O[C@@H]2CO)[C@H](O)[C@@H](O)[C@H]1O. The van der Waals surface area contributed by atoms with Crippen LogP contribution in [-0.2, 0) is 23.7 Å². The van der Waals surface area contributed by atoms with Gasteiger partial charge in [-0.05, 0) is 0 Å². The van der Waals surface area contributed by atoms with Crippen molar-refractivity contribution in [2.24, 2.45) is 0 Å². The topological polar surface area (TPSA) is 248 Å². The molecule has 188 valence electrons. The molecule has 15 nitrogen and oxygen atoms in total. The van der Waals surface area contributed by atoms with Crippen molar-refractivity contribution in [3.63, 3.8) is 0 Å². The highest BCUT2D eigenvalue weighted by molar-refractivity contribution is 4.95. The highest BCUT2D eigenvalue weighted by Gasteiger charge is 2.52. The summed E-state index contributed by atoms with van der Waals surface area (Å²) < 4.78 is 26.2. The van der Waals surface area contributed by atoms with Gasteiger partial charge in [-0.2, -0.15) is 0 Å². The second-order valence-corrected chi connectivity index (χ2v) is 7.88. The van der Waals surface area contributed by atoms with E-state index < -0.39 is 99.2 Å². The zero-order valence-electron chi connectivity index (χ0n) is 16.7. The van der Waals surface area contributed by atoms with Gasteiger partial charge in [0.1, 0.15) is 67.1 Å². The summed E-state index contributed by atoms with van der Waals surface area (Å²) in [4.78, 5) is 0. The Hall–Kier alpha value is -0.600. The maximum atomic E-state index is 10.5. The Bertz CT molecular complexity index is 592. The summed E-state index contributed by atoms with van der Waals surface area (Å²) >= 11 is 0. The van der Waals surface area contributed by atoms with Gasteiger partial charge in [0.05, 0.1) is 19.8 Å². The van der Waals surface area contributed by atoms with Crippen LogP contribution in [-0.4, -0.2) is 157 Å². The van der Waals surface area contributed by atoms with E-state index in [1.165, 1.54) is 0 Å². The summed E-state index contributed by atoms with van der Waals surface area (Å²) in [6.45, 7) is -1.86. The van der Waals surface area contributed by atoms with E-state index in [9.17, 15) is 51.1 Å². The lowest BCUT2D eigenvalue weighted by Crippen LogP contribution is -2.65. The third-order valence-corrected chi connectivity index (χ3v) is 5.72. The second kappa shape index (κ2) is 10.8. The number of hydrogen-bond donors (Lipinski definition) is 10. The molecule has 3 rings (SSSR count). The molecule has 3 aliphatic heterocycles. The summed E-state index contributed by atoms with van der Waals surface area (Å²) in [6.07, 6.45) is -22.5. The van der Waals surface area contributed by atoms with E-state index in [-0.39, 0.29) is 6.61 Å². The van der Waals surface area contributed by atoms with E-state index >= 15 is 0 Å². The lowest BCUT2D eigenvalue weighted by atomic mass is 9.97. The van der Waals surface area contributed by atoms with Crippen LogP contribution in [0, 0.1) is 0 Å². The molecule has 14 atom stereocenters. The number of hydrogen-bond acceptors (Lipinski definition) is 15. The first kappa shape index (κ1) is 26.0. The standard InChI is InChI=1S/C17H30O15/c18-1-4-7(20)9(22)12(25)17(29-4)32-14-5(2-19)30-16(13(26)10(14)23)31-6-3-28-15(27)11(24)8(6)21/h4-27H,1-3H2/t4-,5-,6-,7+,8+,9+,10-,11-,12-,13-,14+,15?,16+,17+/m1/s1. The molecule has 0 aromatic rings. The van der Waals surface area contributed by atoms with Crippen LogP contribution in [0.25, 0.3) is 0 Å². The Morgan fingerprint density at radius 2 is 1.16 bits per heavy atom. The van der Waals surface area contributed by atoms with Gasteiger partial charge in [0.15, 0.2) is 18.9 Å². The zero-order valence-corrected chi connectivity index (χ0v) is 16.7. The summed E-state index contributed by atoms with van der Waals surface area (Å²) in [5.41, 5.74) is 0. The van der Waals surface area contributed by atoms with Crippen LogP contribution in [0.2, 0.25) is 0 Å². The van der Waals surface area contributed by atoms with Crippen molar-refractivity contribution in [2.75, 3.05) is 19.8 Å². The summed E-state index contributed by atoms with van der Waals surface area (Å²) in [7, 11) is 0. The van der Waals surface area contributed by atoms with Crippen molar-refractivity contribution in [2.45, 2.75) is 86.0 Å². The van der Waals surface area contributed by atoms with Gasteiger partial charge in [-0.25, -0.2) is 0 Å². The van der Waals surface area contributed by atoms with Gasteiger partial charge < -0.3 is 74.7 Å². The molecule has 0 aromatic carbocycles. The van der Waals surface area contributed by atoms with E-state index in [2.05, 4.69) is 0 Å². The molecule has 0 radical (unpaired) electrons. The van der Waals surface area contributed by atoms with Gasteiger partial charge in [-0.15, -0.1) is 0 Å². The first-order valence-corrected chi connectivity index (χ1v) is 10.00. The van der Waals surface area contributed by atoms with Gasteiger partial charge >= 0.3 is 0 Å². The van der Waals surface area contributed by atoms with Crippen LogP contribution < -0.4 is 0 Å². The minimum absolute atomic E-state index is 0.378. The Labute approximate surface area is 181 Å². The van der Waals surface area contributed by atoms with Crippen molar-refractivity contribution in [3.8, 4) is 0 Å². The minimum atomic E-state index is -1.82. The molecule has 0 amide bonds. The van der Waals surface area contributed by atoms with Crippen LogP contribution in [0.4, 0.5) is 0 Å². The van der Waals surface area contributed by atoms with Crippen molar-refractivity contribution in [1.29, 1.82) is 0 Å². The number of aliphatic hydroxyl groups is 10. The molecular weight excluding hydrogens is 444 g/mol. The molecule has 3 aliphatic rings. The van der Waals surface area contributed by atoms with Gasteiger partial charge in [0, 0.05) is 0 Å². The van der Waals surface area contributed by atoms with E-state index in [1.807, 2.05) is 0 Å². The lowest BCUT2D eigenvalue weighted by molar-refractivity contribution is -0.371. The fraction of sp³-hybridized carbons (Fsp3) is 1.00. The van der Waals surface area contributed by atoms with Crippen molar-refractivity contribution in [3.05, 3.63) is 0 Å². The third-order valence-electron chi connectivity index (χ3n) is 5.72. The van der Waals surface area contributed by atoms with Crippen molar-refractivity contribution < 1.29 is 74.7 Å². The first-order chi connectivity index (χ1) is 15.1. The van der Waals surface area contributed by atoms with Crippen LogP contribution in [0.1, 0.15) is 0 Å². The van der Waals surface area contributed by atoms with E-state index in [4.69, 9.17) is 23.7 Å². The molecule has 3 fully saturated rings. The smallest absolute Gasteiger partial charge is 0.187 e. The van der Waals surface area contributed by atoms with Gasteiger partial charge in [-0.3, -0.25) is 0 Å². The Morgan fingerprint density at radius 3 is 1.78 bits per heavy atom.